The number of carbonyl (C=O) groups excluding carboxylic acids is 1. The average Bonchev–Trinajstić information content (AvgIpc) is 2.88. The summed E-state index contributed by atoms with van der Waals surface area (Å²) < 4.78 is 0. The number of aromatic amines is 1. The fourth-order valence-corrected chi connectivity index (χ4v) is 1.99. The van der Waals surface area contributed by atoms with Gasteiger partial charge in [-0.1, -0.05) is 50.3 Å². The van der Waals surface area contributed by atoms with Crippen molar-refractivity contribution in [2.24, 2.45) is 0 Å². The number of imidazole rings is 1. The minimum absolute atomic E-state index is 0.514. The van der Waals surface area contributed by atoms with Crippen molar-refractivity contribution in [3.8, 4) is 0 Å². The van der Waals surface area contributed by atoms with Crippen LogP contribution in [0.3, 0.4) is 0 Å². The van der Waals surface area contributed by atoms with Gasteiger partial charge in [-0.25, -0.2) is 4.98 Å². The number of hydrogen-bond acceptors (Lipinski definition) is 2. The molecule has 1 heterocycles. The van der Waals surface area contributed by atoms with Crippen molar-refractivity contribution in [3.05, 3.63) is 59.7 Å². The molecule has 2 rings (SSSR count). The number of hydrogen-bond donors (Lipinski definition) is 1. The molecule has 0 bridgehead atoms. The molecule has 0 aliphatic carbocycles. The zero-order valence-electron chi connectivity index (χ0n) is 11.1. The van der Waals surface area contributed by atoms with Crippen molar-refractivity contribution in [1.82, 2.24) is 9.97 Å². The van der Waals surface area contributed by atoms with Gasteiger partial charge in [-0.2, -0.15) is 0 Å². The van der Waals surface area contributed by atoms with Crippen molar-refractivity contribution < 1.29 is 4.79 Å². The number of carbonyl (C=O) groups is 1. The third-order valence-corrected chi connectivity index (χ3v) is 3.07. The van der Waals surface area contributed by atoms with E-state index in [0.29, 0.717) is 11.4 Å². The van der Waals surface area contributed by atoms with E-state index in [9.17, 15) is 4.79 Å². The molecule has 98 valence electrons. The molecule has 3 nitrogen and oxygen atoms in total. The van der Waals surface area contributed by atoms with Crippen molar-refractivity contribution in [3.63, 3.8) is 0 Å². The molecule has 0 spiro atoms. The van der Waals surface area contributed by atoms with E-state index in [0.717, 1.165) is 42.5 Å². The van der Waals surface area contributed by atoms with Gasteiger partial charge in [0.15, 0.2) is 6.29 Å². The fraction of sp³-hybridized carbons (Fsp3) is 0.250. The summed E-state index contributed by atoms with van der Waals surface area (Å²) in [5, 5.41) is 0. The molecule has 0 unspecified atom stereocenters. The first-order valence-electron chi connectivity index (χ1n) is 6.55. The van der Waals surface area contributed by atoms with E-state index in [4.69, 9.17) is 0 Å². The summed E-state index contributed by atoms with van der Waals surface area (Å²) in [5.41, 5.74) is 2.94. The maximum absolute atomic E-state index is 11.1. The van der Waals surface area contributed by atoms with Crippen molar-refractivity contribution in [2.75, 3.05) is 0 Å². The molecule has 1 N–H and O–H groups in total. The highest BCUT2D eigenvalue weighted by Gasteiger charge is 2.13. The predicted octanol–water partition coefficient (Wildman–Crippen LogP) is 3.63. The maximum Gasteiger partial charge on any atom is 0.168 e. The van der Waals surface area contributed by atoms with Crippen LogP contribution in [0.5, 0.6) is 0 Å². The molecule has 0 saturated carbocycles. The van der Waals surface area contributed by atoms with Crippen LogP contribution in [-0.4, -0.2) is 16.3 Å². The molecule has 1 aromatic heterocycles. The minimum atomic E-state index is 0.514. The predicted molar refractivity (Wildman–Crippen MR) is 77.2 cm³/mol. The lowest BCUT2D eigenvalue weighted by atomic mass is 10.0. The number of aryl methyl sites for hydroxylation is 1. The summed E-state index contributed by atoms with van der Waals surface area (Å²) in [7, 11) is 0. The number of rotatable bonds is 6. The number of unbranched alkanes of at least 4 members (excludes halogenated alkanes) is 1. The van der Waals surface area contributed by atoms with Gasteiger partial charge in [-0.3, -0.25) is 4.79 Å². The van der Waals surface area contributed by atoms with E-state index in [2.05, 4.69) is 23.5 Å². The number of nitrogens with zero attached hydrogens (tertiary/aromatic N) is 1. The number of H-pyrrole nitrogens is 1. The van der Waals surface area contributed by atoms with Crippen LogP contribution in [0, 0.1) is 0 Å². The lowest BCUT2D eigenvalue weighted by molar-refractivity contribution is 0.111. The summed E-state index contributed by atoms with van der Waals surface area (Å²) in [4.78, 5) is 18.7. The lowest BCUT2D eigenvalue weighted by Gasteiger charge is -2.02. The molecule has 0 saturated heterocycles. The van der Waals surface area contributed by atoms with Gasteiger partial charge in [0, 0.05) is 12.0 Å². The molecule has 0 fully saturated rings. The SMILES string of the molecule is C=C(c1ccccc1)c1nc(CCCC)[nH]c1C=O. The standard InChI is InChI=1S/C16H18N2O/c1-3-4-10-15-17-14(11-19)16(18-15)12(2)13-8-6-5-7-9-13/h5-9,11H,2-4,10H2,1H3,(H,17,18). The topological polar surface area (TPSA) is 45.8 Å². The summed E-state index contributed by atoms with van der Waals surface area (Å²) in [6.07, 6.45) is 3.83. The van der Waals surface area contributed by atoms with Crippen LogP contribution in [-0.2, 0) is 6.42 Å². The second-order valence-corrected chi connectivity index (χ2v) is 4.51. The van der Waals surface area contributed by atoms with Crippen LogP contribution in [0.25, 0.3) is 5.57 Å². The van der Waals surface area contributed by atoms with Crippen molar-refractivity contribution >= 4 is 11.9 Å². The Balaban J connectivity index is 2.30. The van der Waals surface area contributed by atoms with E-state index in [-0.39, 0.29) is 0 Å². The highest BCUT2D eigenvalue weighted by molar-refractivity contribution is 5.86. The highest BCUT2D eigenvalue weighted by Crippen LogP contribution is 2.22. The van der Waals surface area contributed by atoms with Crippen molar-refractivity contribution in [2.45, 2.75) is 26.2 Å². The van der Waals surface area contributed by atoms with Gasteiger partial charge in [0.25, 0.3) is 0 Å². The quantitative estimate of drug-likeness (QED) is 0.800. The molecule has 0 radical (unpaired) electrons. The Labute approximate surface area is 113 Å². The number of aldehydes is 1. The Bertz CT molecular complexity index is 570. The third-order valence-electron chi connectivity index (χ3n) is 3.07. The van der Waals surface area contributed by atoms with Crippen molar-refractivity contribution in [1.29, 1.82) is 0 Å². The lowest BCUT2D eigenvalue weighted by Crippen LogP contribution is -1.91. The number of nitrogens with one attached hydrogen (secondary N) is 1. The first-order valence-corrected chi connectivity index (χ1v) is 6.55. The second kappa shape index (κ2) is 6.14. The van der Waals surface area contributed by atoms with E-state index >= 15 is 0 Å². The van der Waals surface area contributed by atoms with Gasteiger partial charge in [0.1, 0.15) is 11.5 Å². The van der Waals surface area contributed by atoms with E-state index in [1.54, 1.807) is 0 Å². The van der Waals surface area contributed by atoms with E-state index in [1.165, 1.54) is 0 Å². The molecule has 0 atom stereocenters. The fourth-order valence-electron chi connectivity index (χ4n) is 1.99. The van der Waals surface area contributed by atoms with Crippen LogP contribution in [0.1, 0.15) is 47.3 Å². The smallest absolute Gasteiger partial charge is 0.168 e. The zero-order chi connectivity index (χ0) is 13.7. The van der Waals surface area contributed by atoms with Crippen LogP contribution in [0.4, 0.5) is 0 Å². The summed E-state index contributed by atoms with van der Waals surface area (Å²) in [6, 6.07) is 9.79. The minimum Gasteiger partial charge on any atom is -0.339 e. The molecule has 1 aromatic carbocycles. The van der Waals surface area contributed by atoms with Crippen LogP contribution in [0.15, 0.2) is 36.9 Å². The Kier molecular flexibility index (Phi) is 4.29. The second-order valence-electron chi connectivity index (χ2n) is 4.51. The summed E-state index contributed by atoms with van der Waals surface area (Å²) in [6.45, 7) is 6.19. The molecule has 19 heavy (non-hydrogen) atoms. The van der Waals surface area contributed by atoms with Gasteiger partial charge in [0.2, 0.25) is 0 Å². The highest BCUT2D eigenvalue weighted by atomic mass is 16.1. The van der Waals surface area contributed by atoms with E-state index in [1.807, 2.05) is 30.3 Å². The Morgan fingerprint density at radius 1 is 1.37 bits per heavy atom. The first-order chi connectivity index (χ1) is 9.26. The summed E-state index contributed by atoms with van der Waals surface area (Å²) >= 11 is 0. The maximum atomic E-state index is 11.1. The number of aromatic nitrogens is 2. The molecule has 0 aliphatic heterocycles. The van der Waals surface area contributed by atoms with Gasteiger partial charge in [-0.15, -0.1) is 0 Å². The Morgan fingerprint density at radius 3 is 2.74 bits per heavy atom. The molecule has 2 aromatic rings. The largest absolute Gasteiger partial charge is 0.339 e. The van der Waals surface area contributed by atoms with Gasteiger partial charge < -0.3 is 4.98 Å². The van der Waals surface area contributed by atoms with Crippen LogP contribution < -0.4 is 0 Å². The Hall–Kier alpha value is -2.16. The molecular formula is C16H18N2O. The third kappa shape index (κ3) is 2.99. The van der Waals surface area contributed by atoms with E-state index < -0.39 is 0 Å². The zero-order valence-corrected chi connectivity index (χ0v) is 11.1. The molecular weight excluding hydrogens is 236 g/mol. The summed E-state index contributed by atoms with van der Waals surface area (Å²) in [5.74, 6) is 0.857. The molecule has 0 amide bonds. The van der Waals surface area contributed by atoms with Crippen LogP contribution >= 0.6 is 0 Å². The molecule has 3 heteroatoms. The molecule has 0 aliphatic rings. The normalized spacial score (nSPS) is 10.4. The first kappa shape index (κ1) is 13.3. The average molecular weight is 254 g/mol. The monoisotopic (exact) mass is 254 g/mol. The number of benzene rings is 1. The van der Waals surface area contributed by atoms with Gasteiger partial charge in [-0.05, 0) is 12.0 Å². The van der Waals surface area contributed by atoms with Crippen LogP contribution in [0.2, 0.25) is 0 Å². The van der Waals surface area contributed by atoms with Gasteiger partial charge >= 0.3 is 0 Å². The van der Waals surface area contributed by atoms with Gasteiger partial charge in [0.05, 0.1) is 5.69 Å². The Morgan fingerprint density at radius 2 is 2.11 bits per heavy atom.